The maximum atomic E-state index is 6.11. The highest BCUT2D eigenvalue weighted by molar-refractivity contribution is 6.30. The average Bonchev–Trinajstić information content (AvgIpc) is 3.14. The molecule has 1 atom stereocenters. The van der Waals surface area contributed by atoms with E-state index in [0.29, 0.717) is 29.7 Å². The zero-order valence-electron chi connectivity index (χ0n) is 17.7. The Morgan fingerprint density at radius 3 is 2.58 bits per heavy atom. The van der Waals surface area contributed by atoms with Gasteiger partial charge in [-0.2, -0.15) is 0 Å². The Hall–Kier alpha value is -3.15. The van der Waals surface area contributed by atoms with Gasteiger partial charge in [0.2, 0.25) is 0 Å². The molecule has 5 nitrogen and oxygen atoms in total. The number of aromatic nitrogens is 1. The van der Waals surface area contributed by atoms with Gasteiger partial charge in [0.1, 0.15) is 12.7 Å². The van der Waals surface area contributed by atoms with Crippen molar-refractivity contribution in [2.45, 2.75) is 19.6 Å². The van der Waals surface area contributed by atoms with Crippen LogP contribution in [0.3, 0.4) is 0 Å². The zero-order chi connectivity index (χ0) is 22.2. The van der Waals surface area contributed by atoms with Crippen molar-refractivity contribution in [3.63, 3.8) is 0 Å². The number of nitrogens with one attached hydrogen (secondary N) is 1. The van der Waals surface area contributed by atoms with Crippen LogP contribution in [-0.2, 0) is 11.3 Å². The van der Waals surface area contributed by atoms with Gasteiger partial charge < -0.3 is 24.9 Å². The minimum absolute atomic E-state index is 0.384. The van der Waals surface area contributed by atoms with Crippen molar-refractivity contribution in [1.82, 2.24) is 4.98 Å². The van der Waals surface area contributed by atoms with Crippen molar-refractivity contribution in [2.75, 3.05) is 13.7 Å². The number of H-pyrrole nitrogens is 1. The molecule has 0 saturated carbocycles. The van der Waals surface area contributed by atoms with Crippen LogP contribution in [0.5, 0.6) is 11.5 Å². The average molecular weight is 439 g/mol. The second-order valence-corrected chi connectivity index (χ2v) is 7.26. The summed E-state index contributed by atoms with van der Waals surface area (Å²) in [5.41, 5.74) is 8.33. The molecule has 0 amide bonds. The third-order valence-electron chi connectivity index (χ3n) is 4.82. The number of aromatic amines is 1. The van der Waals surface area contributed by atoms with Gasteiger partial charge in [0.05, 0.1) is 6.61 Å². The van der Waals surface area contributed by atoms with Crippen molar-refractivity contribution in [3.8, 4) is 11.5 Å². The number of hydrogen-bond donors (Lipinski definition) is 2. The standard InChI is InChI=1S/C25H27ClN2O3/c1-4-30-25-21(24(29-3)22-15-28-17(2)20(22)8-6-14-27)7-5-9-23(25)31-16-18-10-12-19(26)13-11-18/h5-15,24,28H,2,4,16,27H2,1,3H3/b14-6-,20-8+. The third-order valence-corrected chi connectivity index (χ3v) is 5.07. The van der Waals surface area contributed by atoms with Crippen LogP contribution in [0, 0.1) is 0 Å². The number of methoxy groups -OCH3 is 1. The summed E-state index contributed by atoms with van der Waals surface area (Å²) >= 11 is 5.98. The van der Waals surface area contributed by atoms with E-state index in [4.69, 9.17) is 31.5 Å². The lowest BCUT2D eigenvalue weighted by Crippen LogP contribution is -2.25. The quantitative estimate of drug-likeness (QED) is 0.529. The Kier molecular flexibility index (Phi) is 7.82. The molecule has 1 aromatic heterocycles. The largest absolute Gasteiger partial charge is 0.490 e. The van der Waals surface area contributed by atoms with Crippen LogP contribution in [0.4, 0.5) is 0 Å². The molecule has 2 aromatic carbocycles. The number of ether oxygens (including phenoxy) is 3. The lowest BCUT2D eigenvalue weighted by Gasteiger charge is -2.21. The van der Waals surface area contributed by atoms with Gasteiger partial charge >= 0.3 is 0 Å². The summed E-state index contributed by atoms with van der Waals surface area (Å²) in [4.78, 5) is 3.17. The van der Waals surface area contributed by atoms with Crippen molar-refractivity contribution >= 4 is 24.3 Å². The summed E-state index contributed by atoms with van der Waals surface area (Å²) in [6.07, 6.45) is 6.66. The van der Waals surface area contributed by atoms with Crippen LogP contribution in [-0.4, -0.2) is 18.7 Å². The molecular formula is C25H27ClN2O3. The third kappa shape index (κ3) is 5.32. The molecule has 0 radical (unpaired) electrons. The highest BCUT2D eigenvalue weighted by Crippen LogP contribution is 2.38. The summed E-state index contributed by atoms with van der Waals surface area (Å²) in [5, 5.41) is 2.39. The van der Waals surface area contributed by atoms with E-state index in [-0.39, 0.29) is 6.10 Å². The van der Waals surface area contributed by atoms with Crippen LogP contribution in [0.15, 0.2) is 60.9 Å². The van der Waals surface area contributed by atoms with Gasteiger partial charge in [-0.15, -0.1) is 0 Å². The summed E-state index contributed by atoms with van der Waals surface area (Å²) in [5.74, 6) is 1.30. The molecule has 0 spiro atoms. The van der Waals surface area contributed by atoms with Crippen LogP contribution in [0.2, 0.25) is 5.02 Å². The maximum Gasteiger partial charge on any atom is 0.167 e. The minimum Gasteiger partial charge on any atom is -0.490 e. The first kappa shape index (κ1) is 22.5. The second kappa shape index (κ2) is 10.8. The molecule has 31 heavy (non-hydrogen) atoms. The molecule has 3 aromatic rings. The lowest BCUT2D eigenvalue weighted by molar-refractivity contribution is 0.131. The number of para-hydroxylation sites is 1. The summed E-state index contributed by atoms with van der Waals surface area (Å²) in [6, 6.07) is 13.4. The highest BCUT2D eigenvalue weighted by Gasteiger charge is 2.23. The minimum atomic E-state index is -0.384. The van der Waals surface area contributed by atoms with Crippen LogP contribution in [0.25, 0.3) is 12.7 Å². The topological polar surface area (TPSA) is 69.5 Å². The van der Waals surface area contributed by atoms with Crippen molar-refractivity contribution < 1.29 is 14.2 Å². The molecule has 6 heteroatoms. The molecule has 0 aliphatic carbocycles. The SMILES string of the molecule is C=c1[nH]cc(C(OC)c2cccc(OCc3ccc(Cl)cc3)c2OCC)/c1=C/C=C\N. The van der Waals surface area contributed by atoms with E-state index >= 15 is 0 Å². The molecule has 1 unspecified atom stereocenters. The van der Waals surface area contributed by atoms with Crippen LogP contribution < -0.4 is 25.8 Å². The van der Waals surface area contributed by atoms with Gasteiger partial charge in [-0.05, 0) is 43.0 Å². The van der Waals surface area contributed by atoms with E-state index < -0.39 is 0 Å². The van der Waals surface area contributed by atoms with E-state index in [1.54, 1.807) is 13.2 Å². The molecule has 1 heterocycles. The smallest absolute Gasteiger partial charge is 0.167 e. The molecule has 162 valence electrons. The fourth-order valence-corrected chi connectivity index (χ4v) is 3.50. The fraction of sp³-hybridized carbons (Fsp3) is 0.200. The number of nitrogens with two attached hydrogens (primary N) is 1. The van der Waals surface area contributed by atoms with Gasteiger partial charge in [-0.1, -0.05) is 48.5 Å². The van der Waals surface area contributed by atoms with E-state index in [0.717, 1.165) is 27.3 Å². The Bertz CT molecular complexity index is 1140. The first-order chi connectivity index (χ1) is 15.1. The zero-order valence-corrected chi connectivity index (χ0v) is 18.5. The van der Waals surface area contributed by atoms with Gasteiger partial charge in [-0.25, -0.2) is 0 Å². The molecule has 0 saturated heterocycles. The van der Waals surface area contributed by atoms with E-state index in [1.807, 2.05) is 61.7 Å². The summed E-state index contributed by atoms with van der Waals surface area (Å²) in [6.45, 7) is 6.90. The molecule has 3 rings (SSSR count). The van der Waals surface area contributed by atoms with E-state index in [1.165, 1.54) is 6.20 Å². The number of halogens is 1. The van der Waals surface area contributed by atoms with Crippen LogP contribution >= 0.6 is 11.6 Å². The Morgan fingerprint density at radius 2 is 1.90 bits per heavy atom. The maximum absolute atomic E-state index is 6.11. The van der Waals surface area contributed by atoms with Crippen LogP contribution in [0.1, 0.15) is 29.7 Å². The van der Waals surface area contributed by atoms with E-state index in [2.05, 4.69) is 11.6 Å². The fourth-order valence-electron chi connectivity index (χ4n) is 3.38. The lowest BCUT2D eigenvalue weighted by atomic mass is 10.0. The molecule has 3 N–H and O–H groups in total. The monoisotopic (exact) mass is 438 g/mol. The molecule has 0 fully saturated rings. The van der Waals surface area contributed by atoms with Crippen molar-refractivity contribution in [1.29, 1.82) is 0 Å². The summed E-state index contributed by atoms with van der Waals surface area (Å²) in [7, 11) is 1.67. The summed E-state index contributed by atoms with van der Waals surface area (Å²) < 4.78 is 18.0. The Balaban J connectivity index is 2.01. The van der Waals surface area contributed by atoms with Crippen molar-refractivity contribution in [2.24, 2.45) is 5.73 Å². The number of benzene rings is 2. The number of allylic oxidation sites excluding steroid dienone is 1. The first-order valence-corrected chi connectivity index (χ1v) is 10.4. The Morgan fingerprint density at radius 1 is 1.13 bits per heavy atom. The second-order valence-electron chi connectivity index (χ2n) is 6.83. The molecular weight excluding hydrogens is 412 g/mol. The normalized spacial score (nSPS) is 12.9. The molecule has 0 aliphatic heterocycles. The first-order valence-electron chi connectivity index (χ1n) is 9.99. The molecule has 0 bridgehead atoms. The van der Waals surface area contributed by atoms with Gasteiger partial charge in [0.15, 0.2) is 11.5 Å². The predicted octanol–water partition coefficient (Wildman–Crippen LogP) is 4.04. The van der Waals surface area contributed by atoms with Gasteiger partial charge in [0.25, 0.3) is 0 Å². The van der Waals surface area contributed by atoms with Gasteiger partial charge in [0, 0.05) is 40.0 Å². The predicted molar refractivity (Wildman–Crippen MR) is 126 cm³/mol. The van der Waals surface area contributed by atoms with E-state index in [9.17, 15) is 0 Å². The van der Waals surface area contributed by atoms with Gasteiger partial charge in [-0.3, -0.25) is 0 Å². The Labute approximate surface area is 187 Å². The number of rotatable bonds is 9. The highest BCUT2D eigenvalue weighted by atomic mass is 35.5. The molecule has 0 aliphatic rings. The number of hydrogen-bond acceptors (Lipinski definition) is 4. The van der Waals surface area contributed by atoms with Crippen molar-refractivity contribution in [3.05, 3.63) is 93.2 Å².